The van der Waals surface area contributed by atoms with Crippen LogP contribution in [0, 0.1) is 0 Å². The molecule has 0 fully saturated rings. The quantitative estimate of drug-likeness (QED) is 0.473. The third-order valence-corrected chi connectivity index (χ3v) is 7.15. The molecule has 160 valence electrons. The zero-order chi connectivity index (χ0) is 21.7. The Bertz CT molecular complexity index is 1210. The first kappa shape index (κ1) is 22.5. The Morgan fingerprint density at radius 2 is 1.93 bits per heavy atom. The summed E-state index contributed by atoms with van der Waals surface area (Å²) in [4.78, 5) is 17.1. The third-order valence-electron chi connectivity index (χ3n) is 4.26. The maximum atomic E-state index is 12.6. The van der Waals surface area contributed by atoms with Crippen molar-refractivity contribution in [3.05, 3.63) is 52.3 Å². The molecule has 0 bridgehead atoms. The molecule has 0 N–H and O–H groups in total. The topological polar surface area (TPSA) is 87.0 Å². The molecule has 0 aliphatic heterocycles. The van der Waals surface area contributed by atoms with Gasteiger partial charge in [-0.1, -0.05) is 22.9 Å². The summed E-state index contributed by atoms with van der Waals surface area (Å²) in [6.45, 7) is 3.39. The number of hydrogen-bond donors (Lipinski definition) is 0. The second kappa shape index (κ2) is 9.74. The SMILES string of the molecule is CCOCCn1c(=NC(=O)CS(=O)(=O)c2ccc(OC)cc2)sc2cc(Cl)ccc21. The minimum atomic E-state index is -3.82. The van der Waals surface area contributed by atoms with Crippen LogP contribution in [0.5, 0.6) is 5.75 Å². The van der Waals surface area contributed by atoms with Crippen LogP contribution in [0.3, 0.4) is 0 Å². The van der Waals surface area contributed by atoms with Gasteiger partial charge in [0.25, 0.3) is 5.91 Å². The van der Waals surface area contributed by atoms with E-state index in [2.05, 4.69) is 4.99 Å². The number of rotatable bonds is 8. The van der Waals surface area contributed by atoms with Crippen LogP contribution in [0.4, 0.5) is 0 Å². The van der Waals surface area contributed by atoms with Crippen molar-refractivity contribution in [2.75, 3.05) is 26.1 Å². The fraction of sp³-hybridized carbons (Fsp3) is 0.300. The van der Waals surface area contributed by atoms with E-state index in [0.29, 0.717) is 35.3 Å². The minimum Gasteiger partial charge on any atom is -0.497 e. The standard InChI is InChI=1S/C20H21ClN2O5S2/c1-3-28-11-10-23-17-9-4-14(21)12-18(17)29-20(23)22-19(24)13-30(25,26)16-7-5-15(27-2)6-8-16/h4-9,12H,3,10-11,13H2,1-2H3. The zero-order valence-corrected chi connectivity index (χ0v) is 18.9. The van der Waals surface area contributed by atoms with Gasteiger partial charge >= 0.3 is 0 Å². The molecule has 10 heteroatoms. The van der Waals surface area contributed by atoms with Gasteiger partial charge in [0.1, 0.15) is 11.5 Å². The highest BCUT2D eigenvalue weighted by Crippen LogP contribution is 2.22. The Labute approximate surface area is 183 Å². The van der Waals surface area contributed by atoms with Crippen LogP contribution in [0.2, 0.25) is 5.02 Å². The lowest BCUT2D eigenvalue weighted by atomic mass is 10.3. The van der Waals surface area contributed by atoms with Gasteiger partial charge < -0.3 is 14.0 Å². The summed E-state index contributed by atoms with van der Waals surface area (Å²) in [5.74, 6) is -0.933. The van der Waals surface area contributed by atoms with Gasteiger partial charge in [0.2, 0.25) is 0 Å². The Kier molecular flexibility index (Phi) is 7.30. The maximum Gasteiger partial charge on any atom is 0.263 e. The van der Waals surface area contributed by atoms with Crippen molar-refractivity contribution < 1.29 is 22.7 Å². The largest absolute Gasteiger partial charge is 0.497 e. The molecule has 3 aromatic rings. The van der Waals surface area contributed by atoms with Crippen molar-refractivity contribution in [3.8, 4) is 5.75 Å². The average Bonchev–Trinajstić information content (AvgIpc) is 3.03. The van der Waals surface area contributed by atoms with Gasteiger partial charge in [-0.15, -0.1) is 0 Å². The monoisotopic (exact) mass is 468 g/mol. The molecular formula is C20H21ClN2O5S2. The number of halogens is 1. The Morgan fingerprint density at radius 3 is 2.60 bits per heavy atom. The first-order valence-electron chi connectivity index (χ1n) is 9.15. The molecule has 30 heavy (non-hydrogen) atoms. The molecule has 1 heterocycles. The van der Waals surface area contributed by atoms with Crippen LogP contribution in [0.15, 0.2) is 52.4 Å². The average molecular weight is 469 g/mol. The summed E-state index contributed by atoms with van der Waals surface area (Å²) in [7, 11) is -2.33. The van der Waals surface area contributed by atoms with Gasteiger partial charge in [0.15, 0.2) is 14.6 Å². The molecule has 0 saturated carbocycles. The summed E-state index contributed by atoms with van der Waals surface area (Å²) in [6, 6.07) is 11.3. The first-order valence-corrected chi connectivity index (χ1v) is 12.0. The van der Waals surface area contributed by atoms with E-state index in [0.717, 1.165) is 10.2 Å². The highest BCUT2D eigenvalue weighted by molar-refractivity contribution is 7.92. The molecule has 2 aromatic carbocycles. The van der Waals surface area contributed by atoms with Crippen molar-refractivity contribution in [1.82, 2.24) is 4.57 Å². The predicted octanol–water partition coefficient (Wildman–Crippen LogP) is 3.30. The molecule has 0 unspecified atom stereocenters. The lowest BCUT2D eigenvalue weighted by Gasteiger charge is -2.06. The van der Waals surface area contributed by atoms with Gasteiger partial charge in [-0.05, 0) is 49.4 Å². The predicted molar refractivity (Wildman–Crippen MR) is 117 cm³/mol. The van der Waals surface area contributed by atoms with E-state index < -0.39 is 21.5 Å². The number of carbonyl (C=O) groups excluding carboxylic acids is 1. The molecule has 1 aromatic heterocycles. The van der Waals surface area contributed by atoms with Crippen LogP contribution in [0.25, 0.3) is 10.2 Å². The van der Waals surface area contributed by atoms with E-state index in [9.17, 15) is 13.2 Å². The molecule has 3 rings (SSSR count). The van der Waals surface area contributed by atoms with E-state index >= 15 is 0 Å². The van der Waals surface area contributed by atoms with E-state index in [1.807, 2.05) is 17.6 Å². The van der Waals surface area contributed by atoms with E-state index in [4.69, 9.17) is 21.1 Å². The van der Waals surface area contributed by atoms with E-state index in [-0.39, 0.29) is 4.90 Å². The maximum absolute atomic E-state index is 12.6. The summed E-state index contributed by atoms with van der Waals surface area (Å²) in [5.41, 5.74) is 0.855. The van der Waals surface area contributed by atoms with Gasteiger partial charge in [0.05, 0.1) is 28.8 Å². The van der Waals surface area contributed by atoms with Crippen LogP contribution < -0.4 is 9.54 Å². The van der Waals surface area contributed by atoms with Crippen LogP contribution >= 0.6 is 22.9 Å². The highest BCUT2D eigenvalue weighted by atomic mass is 35.5. The van der Waals surface area contributed by atoms with Crippen LogP contribution in [-0.4, -0.2) is 45.0 Å². The highest BCUT2D eigenvalue weighted by Gasteiger charge is 2.20. The van der Waals surface area contributed by atoms with Crippen molar-refractivity contribution in [3.63, 3.8) is 0 Å². The number of sulfone groups is 1. The van der Waals surface area contributed by atoms with Gasteiger partial charge in [0, 0.05) is 18.2 Å². The van der Waals surface area contributed by atoms with Crippen molar-refractivity contribution in [2.24, 2.45) is 4.99 Å². The molecular weight excluding hydrogens is 448 g/mol. The van der Waals surface area contributed by atoms with Crippen molar-refractivity contribution in [2.45, 2.75) is 18.4 Å². The summed E-state index contributed by atoms with van der Waals surface area (Å²) in [5, 5.41) is 0.570. The molecule has 1 amide bonds. The molecule has 0 aliphatic rings. The minimum absolute atomic E-state index is 0.0409. The lowest BCUT2D eigenvalue weighted by Crippen LogP contribution is -2.22. The zero-order valence-electron chi connectivity index (χ0n) is 16.5. The normalized spacial score (nSPS) is 12.4. The van der Waals surface area contributed by atoms with Crippen molar-refractivity contribution >= 4 is 48.9 Å². The molecule has 0 saturated heterocycles. The number of aromatic nitrogens is 1. The van der Waals surface area contributed by atoms with Crippen molar-refractivity contribution in [1.29, 1.82) is 0 Å². The summed E-state index contributed by atoms with van der Waals surface area (Å²) < 4.78 is 38.3. The van der Waals surface area contributed by atoms with Crippen LogP contribution in [0.1, 0.15) is 6.92 Å². The molecule has 7 nitrogen and oxygen atoms in total. The third kappa shape index (κ3) is 5.28. The molecule has 0 spiro atoms. The number of thiazole rings is 1. The number of benzene rings is 2. The molecule has 0 atom stereocenters. The summed E-state index contributed by atoms with van der Waals surface area (Å²) >= 11 is 7.35. The summed E-state index contributed by atoms with van der Waals surface area (Å²) in [6.07, 6.45) is 0. The fourth-order valence-corrected chi connectivity index (χ4v) is 5.27. The number of nitrogens with zero attached hydrogens (tertiary/aromatic N) is 2. The van der Waals surface area contributed by atoms with Gasteiger partial charge in [-0.3, -0.25) is 4.79 Å². The van der Waals surface area contributed by atoms with Gasteiger partial charge in [-0.2, -0.15) is 4.99 Å². The second-order valence-corrected chi connectivity index (χ2v) is 9.72. The number of fused-ring (bicyclic) bond motifs is 1. The second-order valence-electron chi connectivity index (χ2n) is 6.29. The number of ether oxygens (including phenoxy) is 2. The number of amides is 1. The smallest absolute Gasteiger partial charge is 0.263 e. The molecule has 0 radical (unpaired) electrons. The number of hydrogen-bond acceptors (Lipinski definition) is 6. The number of methoxy groups -OCH3 is 1. The molecule has 0 aliphatic carbocycles. The lowest BCUT2D eigenvalue weighted by molar-refractivity contribution is -0.115. The van der Waals surface area contributed by atoms with Gasteiger partial charge in [-0.25, -0.2) is 8.42 Å². The Hall–Kier alpha value is -2.20. The Morgan fingerprint density at radius 1 is 1.20 bits per heavy atom. The number of carbonyl (C=O) groups is 1. The van der Waals surface area contributed by atoms with E-state index in [1.165, 1.54) is 42.7 Å². The first-order chi connectivity index (χ1) is 14.3. The van der Waals surface area contributed by atoms with E-state index in [1.54, 1.807) is 12.1 Å². The fourth-order valence-electron chi connectivity index (χ4n) is 2.82. The van der Waals surface area contributed by atoms with Crippen LogP contribution in [-0.2, 0) is 25.9 Å². The Balaban J connectivity index is 1.92.